The van der Waals surface area contributed by atoms with E-state index in [2.05, 4.69) is 10.3 Å². The first-order chi connectivity index (χ1) is 13.9. The monoisotopic (exact) mass is 411 g/mol. The lowest BCUT2D eigenvalue weighted by Gasteiger charge is -2.19. The predicted molar refractivity (Wildman–Crippen MR) is 112 cm³/mol. The number of aromatic nitrogens is 2. The van der Waals surface area contributed by atoms with E-state index in [0.717, 1.165) is 11.1 Å². The number of carbonyl (C=O) groups is 2. The van der Waals surface area contributed by atoms with Crippen molar-refractivity contribution in [2.24, 2.45) is 0 Å². The summed E-state index contributed by atoms with van der Waals surface area (Å²) in [6.07, 6.45) is 4.65. The lowest BCUT2D eigenvalue weighted by atomic mass is 10.0. The van der Waals surface area contributed by atoms with E-state index in [1.165, 1.54) is 0 Å². The number of nitrogens with one attached hydrogen (secondary N) is 1. The average Bonchev–Trinajstić information content (AvgIpc) is 3.21. The van der Waals surface area contributed by atoms with Crippen LogP contribution in [0.15, 0.2) is 67.3 Å². The van der Waals surface area contributed by atoms with Gasteiger partial charge in [-0.15, -0.1) is 0 Å². The van der Waals surface area contributed by atoms with Crippen LogP contribution in [0, 0.1) is 0 Å². The number of esters is 1. The molecule has 150 valence electrons. The van der Waals surface area contributed by atoms with Crippen molar-refractivity contribution in [1.29, 1.82) is 0 Å². The third-order valence-corrected chi connectivity index (χ3v) is 4.47. The van der Waals surface area contributed by atoms with Crippen LogP contribution in [0.3, 0.4) is 0 Å². The Morgan fingerprint density at radius 2 is 1.69 bits per heavy atom. The van der Waals surface area contributed by atoms with Crippen molar-refractivity contribution in [2.75, 3.05) is 0 Å². The molecule has 3 rings (SSSR count). The summed E-state index contributed by atoms with van der Waals surface area (Å²) in [4.78, 5) is 29.1. The highest BCUT2D eigenvalue weighted by atomic mass is 35.5. The van der Waals surface area contributed by atoms with Gasteiger partial charge in [0.25, 0.3) is 5.91 Å². The molecule has 1 atom stereocenters. The van der Waals surface area contributed by atoms with Gasteiger partial charge in [0.15, 0.2) is 0 Å². The molecule has 1 N–H and O–H groups in total. The summed E-state index contributed by atoms with van der Waals surface area (Å²) in [5, 5.41) is 3.43. The molecule has 0 aliphatic rings. The van der Waals surface area contributed by atoms with E-state index in [4.69, 9.17) is 16.3 Å². The number of ether oxygens (including phenoxy) is 1. The van der Waals surface area contributed by atoms with Gasteiger partial charge in [-0.2, -0.15) is 0 Å². The van der Waals surface area contributed by atoms with Gasteiger partial charge >= 0.3 is 5.97 Å². The molecule has 1 heterocycles. The van der Waals surface area contributed by atoms with Gasteiger partial charge in [0.1, 0.15) is 6.04 Å². The second-order valence-corrected chi connectivity index (χ2v) is 7.29. The third kappa shape index (κ3) is 5.68. The minimum atomic E-state index is -0.824. The molecule has 0 saturated heterocycles. The summed E-state index contributed by atoms with van der Waals surface area (Å²) in [6, 6.07) is 13.8. The maximum absolute atomic E-state index is 12.7. The SMILES string of the molecule is CC(C)OC(=O)[C@H](Cn1ccnc1)NC(=O)c1ccc(-c2ccc(Cl)cc2)cc1. The van der Waals surface area contributed by atoms with E-state index in [0.29, 0.717) is 10.6 Å². The second-order valence-electron chi connectivity index (χ2n) is 6.86. The van der Waals surface area contributed by atoms with Gasteiger partial charge in [-0.25, -0.2) is 9.78 Å². The summed E-state index contributed by atoms with van der Waals surface area (Å²) >= 11 is 5.93. The highest BCUT2D eigenvalue weighted by molar-refractivity contribution is 6.30. The van der Waals surface area contributed by atoms with Gasteiger partial charge in [-0.3, -0.25) is 4.79 Å². The first-order valence-corrected chi connectivity index (χ1v) is 9.63. The summed E-state index contributed by atoms with van der Waals surface area (Å²) in [7, 11) is 0. The molecule has 0 radical (unpaired) electrons. The fraction of sp³-hybridized carbons (Fsp3) is 0.227. The Morgan fingerprint density at radius 3 is 2.24 bits per heavy atom. The maximum atomic E-state index is 12.7. The lowest BCUT2D eigenvalue weighted by molar-refractivity contribution is -0.150. The van der Waals surface area contributed by atoms with E-state index in [-0.39, 0.29) is 18.6 Å². The first-order valence-electron chi connectivity index (χ1n) is 9.25. The molecule has 0 spiro atoms. The molecule has 0 unspecified atom stereocenters. The van der Waals surface area contributed by atoms with E-state index in [9.17, 15) is 9.59 Å². The average molecular weight is 412 g/mol. The predicted octanol–water partition coefficient (Wildman–Crippen LogP) is 3.95. The number of nitrogens with zero attached hydrogens (tertiary/aromatic N) is 2. The van der Waals surface area contributed by atoms with Crippen molar-refractivity contribution in [3.05, 3.63) is 77.8 Å². The minimum absolute atomic E-state index is 0.236. The Morgan fingerprint density at radius 1 is 1.07 bits per heavy atom. The van der Waals surface area contributed by atoms with E-state index in [1.54, 1.807) is 49.3 Å². The number of benzene rings is 2. The molecule has 1 aromatic heterocycles. The number of halogens is 1. The number of imidazole rings is 1. The highest BCUT2D eigenvalue weighted by Gasteiger charge is 2.24. The molecule has 2 aromatic carbocycles. The first kappa shape index (κ1) is 20.6. The molecule has 0 aliphatic heterocycles. The quantitative estimate of drug-likeness (QED) is 0.597. The van der Waals surface area contributed by atoms with E-state index >= 15 is 0 Å². The zero-order valence-corrected chi connectivity index (χ0v) is 17.0. The van der Waals surface area contributed by atoms with E-state index < -0.39 is 12.0 Å². The molecule has 0 bridgehead atoms. The van der Waals surface area contributed by atoms with Gasteiger partial charge < -0.3 is 14.6 Å². The van der Waals surface area contributed by atoms with Crippen LogP contribution in [0.5, 0.6) is 0 Å². The summed E-state index contributed by atoms with van der Waals surface area (Å²) in [5.74, 6) is -0.835. The molecule has 1 amide bonds. The number of amides is 1. The van der Waals surface area contributed by atoms with Gasteiger partial charge in [0.2, 0.25) is 0 Å². The Hall–Kier alpha value is -3.12. The zero-order chi connectivity index (χ0) is 20.8. The molecule has 29 heavy (non-hydrogen) atoms. The lowest BCUT2D eigenvalue weighted by Crippen LogP contribution is -2.45. The van der Waals surface area contributed by atoms with Gasteiger partial charge in [0, 0.05) is 23.0 Å². The molecular weight excluding hydrogens is 390 g/mol. The maximum Gasteiger partial charge on any atom is 0.330 e. The van der Waals surface area contributed by atoms with Crippen LogP contribution in [-0.4, -0.2) is 33.6 Å². The van der Waals surface area contributed by atoms with Crippen molar-refractivity contribution >= 4 is 23.5 Å². The standard InChI is InChI=1S/C22H22ClN3O3/c1-15(2)29-22(28)20(13-26-12-11-24-14-26)25-21(27)18-5-3-16(4-6-18)17-7-9-19(23)10-8-17/h3-12,14-15,20H,13H2,1-2H3,(H,25,27)/t20-/m0/s1. The number of carbonyl (C=O) groups excluding carboxylic acids is 2. The normalized spacial score (nSPS) is 11.9. The fourth-order valence-corrected chi connectivity index (χ4v) is 2.92. The molecule has 6 nitrogen and oxygen atoms in total. The summed E-state index contributed by atoms with van der Waals surface area (Å²) < 4.78 is 7.00. The molecule has 0 saturated carbocycles. The van der Waals surface area contributed by atoms with Crippen LogP contribution >= 0.6 is 11.6 Å². The van der Waals surface area contributed by atoms with Crippen LogP contribution in [0.25, 0.3) is 11.1 Å². The molecule has 0 aliphatic carbocycles. The Kier molecular flexibility index (Phi) is 6.67. The van der Waals surface area contributed by atoms with Gasteiger partial charge in [0.05, 0.1) is 19.0 Å². The van der Waals surface area contributed by atoms with Crippen LogP contribution < -0.4 is 5.32 Å². The smallest absolute Gasteiger partial charge is 0.330 e. The fourth-order valence-electron chi connectivity index (χ4n) is 2.80. The van der Waals surface area contributed by atoms with Crippen LogP contribution in [0.2, 0.25) is 5.02 Å². The topological polar surface area (TPSA) is 73.2 Å². The Labute approximate surface area is 174 Å². The van der Waals surface area contributed by atoms with E-state index in [1.807, 2.05) is 36.4 Å². The van der Waals surface area contributed by atoms with Crippen molar-refractivity contribution in [2.45, 2.75) is 32.5 Å². The third-order valence-electron chi connectivity index (χ3n) is 4.22. The molecule has 0 fully saturated rings. The molecular formula is C22H22ClN3O3. The van der Waals surface area contributed by atoms with Crippen molar-refractivity contribution < 1.29 is 14.3 Å². The minimum Gasteiger partial charge on any atom is -0.461 e. The van der Waals surface area contributed by atoms with Crippen molar-refractivity contribution in [1.82, 2.24) is 14.9 Å². The Balaban J connectivity index is 1.72. The second kappa shape index (κ2) is 9.39. The molecule has 7 heteroatoms. The van der Waals surface area contributed by atoms with Crippen LogP contribution in [0.1, 0.15) is 24.2 Å². The van der Waals surface area contributed by atoms with Crippen molar-refractivity contribution in [3.63, 3.8) is 0 Å². The largest absolute Gasteiger partial charge is 0.461 e. The zero-order valence-electron chi connectivity index (χ0n) is 16.2. The summed E-state index contributed by atoms with van der Waals surface area (Å²) in [5.41, 5.74) is 2.42. The Bertz CT molecular complexity index is 952. The van der Waals surface area contributed by atoms with Gasteiger partial charge in [-0.05, 0) is 49.2 Å². The number of hydrogen-bond donors (Lipinski definition) is 1. The van der Waals surface area contributed by atoms with Crippen molar-refractivity contribution in [3.8, 4) is 11.1 Å². The van der Waals surface area contributed by atoms with Gasteiger partial charge in [-0.1, -0.05) is 35.9 Å². The van der Waals surface area contributed by atoms with Crippen LogP contribution in [-0.2, 0) is 16.1 Å². The highest BCUT2D eigenvalue weighted by Crippen LogP contribution is 2.22. The number of hydrogen-bond acceptors (Lipinski definition) is 4. The number of rotatable bonds is 7. The molecule has 3 aromatic rings. The summed E-state index contributed by atoms with van der Waals surface area (Å²) in [6.45, 7) is 3.77. The van der Waals surface area contributed by atoms with Crippen LogP contribution in [0.4, 0.5) is 0 Å².